The summed E-state index contributed by atoms with van der Waals surface area (Å²) in [7, 11) is 1.79. The molecule has 0 spiro atoms. The number of rotatable bonds is 4. The molecule has 1 aliphatic rings. The fraction of sp³-hybridized carbons (Fsp3) is 0.625. The molecule has 2 nitrogen and oxygen atoms in total. The zero-order chi connectivity index (χ0) is 13.0. The molecule has 2 rings (SSSR count). The fourth-order valence-corrected chi connectivity index (χ4v) is 2.68. The van der Waals surface area contributed by atoms with Crippen molar-refractivity contribution in [2.75, 3.05) is 20.2 Å². The second-order valence-corrected chi connectivity index (χ2v) is 5.91. The van der Waals surface area contributed by atoms with E-state index in [1.54, 1.807) is 7.11 Å². The summed E-state index contributed by atoms with van der Waals surface area (Å²) in [6.07, 6.45) is 3.50. The quantitative estimate of drug-likeness (QED) is 0.882. The highest BCUT2D eigenvalue weighted by atomic mass is 16.5. The van der Waals surface area contributed by atoms with E-state index in [2.05, 4.69) is 43.4 Å². The van der Waals surface area contributed by atoms with Crippen LogP contribution in [0.3, 0.4) is 0 Å². The number of methoxy groups -OCH3 is 1. The van der Waals surface area contributed by atoms with E-state index in [0.717, 1.165) is 25.4 Å². The number of piperidine rings is 1. The number of ether oxygens (including phenoxy) is 1. The molecule has 0 unspecified atom stereocenters. The number of hydrogen-bond acceptors (Lipinski definition) is 2. The van der Waals surface area contributed by atoms with E-state index >= 15 is 0 Å². The van der Waals surface area contributed by atoms with Crippen LogP contribution in [0, 0.1) is 0 Å². The minimum Gasteiger partial charge on any atom is -0.378 e. The first-order valence-corrected chi connectivity index (χ1v) is 6.95. The van der Waals surface area contributed by atoms with Crippen molar-refractivity contribution < 1.29 is 4.74 Å². The Morgan fingerprint density at radius 3 is 2.67 bits per heavy atom. The van der Waals surface area contributed by atoms with Gasteiger partial charge in [0.1, 0.15) is 0 Å². The van der Waals surface area contributed by atoms with Crippen LogP contribution in [0.2, 0.25) is 0 Å². The summed E-state index contributed by atoms with van der Waals surface area (Å²) >= 11 is 0. The van der Waals surface area contributed by atoms with Gasteiger partial charge in [0.2, 0.25) is 0 Å². The molecule has 0 aliphatic carbocycles. The number of nitrogens with one attached hydrogen (secondary N) is 1. The molecule has 2 heteroatoms. The van der Waals surface area contributed by atoms with E-state index in [9.17, 15) is 0 Å². The molecule has 0 saturated carbocycles. The van der Waals surface area contributed by atoms with Crippen molar-refractivity contribution in [1.29, 1.82) is 0 Å². The van der Waals surface area contributed by atoms with Crippen molar-refractivity contribution in [2.24, 2.45) is 0 Å². The van der Waals surface area contributed by atoms with Crippen molar-refractivity contribution in [3.8, 4) is 0 Å². The van der Waals surface area contributed by atoms with Gasteiger partial charge in [0.25, 0.3) is 0 Å². The maximum atomic E-state index is 5.52. The van der Waals surface area contributed by atoms with Crippen LogP contribution < -0.4 is 5.32 Å². The standard InChI is InChI=1S/C16H25NO/c1-16(2,18-3)12-13-5-4-6-15(11-13)14-7-9-17-10-8-14/h4-6,11,14,17H,7-10,12H2,1-3H3. The highest BCUT2D eigenvalue weighted by Gasteiger charge is 2.19. The Morgan fingerprint density at radius 2 is 2.00 bits per heavy atom. The van der Waals surface area contributed by atoms with Gasteiger partial charge < -0.3 is 10.1 Å². The van der Waals surface area contributed by atoms with Gasteiger partial charge in [-0.2, -0.15) is 0 Å². The maximum absolute atomic E-state index is 5.52. The molecule has 100 valence electrons. The summed E-state index contributed by atoms with van der Waals surface area (Å²) in [4.78, 5) is 0. The third-order valence-corrected chi connectivity index (χ3v) is 3.94. The molecule has 0 aromatic heterocycles. The van der Waals surface area contributed by atoms with E-state index in [4.69, 9.17) is 4.74 Å². The minimum absolute atomic E-state index is 0.0766. The Labute approximate surface area is 111 Å². The van der Waals surface area contributed by atoms with Crippen LogP contribution in [0.4, 0.5) is 0 Å². The lowest BCUT2D eigenvalue weighted by Gasteiger charge is -2.25. The monoisotopic (exact) mass is 247 g/mol. The van der Waals surface area contributed by atoms with Gasteiger partial charge in [-0.1, -0.05) is 24.3 Å². The molecule has 0 radical (unpaired) electrons. The highest BCUT2D eigenvalue weighted by molar-refractivity contribution is 5.27. The largest absolute Gasteiger partial charge is 0.378 e. The third-order valence-electron chi connectivity index (χ3n) is 3.94. The molecule has 1 N–H and O–H groups in total. The Balaban J connectivity index is 2.09. The van der Waals surface area contributed by atoms with Gasteiger partial charge in [-0.25, -0.2) is 0 Å². The molecule has 0 bridgehead atoms. The average Bonchev–Trinajstić information content (AvgIpc) is 2.40. The van der Waals surface area contributed by atoms with Crippen LogP contribution in [-0.2, 0) is 11.2 Å². The van der Waals surface area contributed by atoms with E-state index < -0.39 is 0 Å². The molecule has 1 fully saturated rings. The SMILES string of the molecule is COC(C)(C)Cc1cccc(C2CCNCC2)c1. The summed E-state index contributed by atoms with van der Waals surface area (Å²) in [5, 5.41) is 3.43. The summed E-state index contributed by atoms with van der Waals surface area (Å²) in [5.41, 5.74) is 2.81. The second-order valence-electron chi connectivity index (χ2n) is 5.91. The molecular weight excluding hydrogens is 222 g/mol. The molecule has 0 amide bonds. The van der Waals surface area contributed by atoms with E-state index in [1.165, 1.54) is 24.0 Å². The third kappa shape index (κ3) is 3.56. The van der Waals surface area contributed by atoms with Crippen molar-refractivity contribution >= 4 is 0 Å². The lowest BCUT2D eigenvalue weighted by Crippen LogP contribution is -2.27. The smallest absolute Gasteiger partial charge is 0.0662 e. The Hall–Kier alpha value is -0.860. The molecule has 1 aliphatic heterocycles. The van der Waals surface area contributed by atoms with Crippen molar-refractivity contribution in [3.63, 3.8) is 0 Å². The summed E-state index contributed by atoms with van der Waals surface area (Å²) in [6.45, 7) is 6.59. The topological polar surface area (TPSA) is 21.3 Å². The second kappa shape index (κ2) is 5.85. The fourth-order valence-electron chi connectivity index (χ4n) is 2.68. The van der Waals surface area contributed by atoms with Crippen LogP contribution >= 0.6 is 0 Å². The van der Waals surface area contributed by atoms with Crippen LogP contribution in [0.15, 0.2) is 24.3 Å². The molecule has 1 aromatic rings. The first-order valence-electron chi connectivity index (χ1n) is 6.95. The van der Waals surface area contributed by atoms with Crippen molar-refractivity contribution in [2.45, 2.75) is 44.6 Å². The Kier molecular flexibility index (Phi) is 4.41. The molecule has 1 aromatic carbocycles. The van der Waals surface area contributed by atoms with Gasteiger partial charge in [-0.3, -0.25) is 0 Å². The molecule has 0 atom stereocenters. The zero-order valence-corrected chi connectivity index (χ0v) is 11.8. The molecular formula is C16H25NO. The van der Waals surface area contributed by atoms with Gasteiger partial charge in [0.15, 0.2) is 0 Å². The van der Waals surface area contributed by atoms with Gasteiger partial charge in [0.05, 0.1) is 5.60 Å². The average molecular weight is 247 g/mol. The number of benzene rings is 1. The first kappa shape index (κ1) is 13.6. The minimum atomic E-state index is -0.0766. The number of hydrogen-bond donors (Lipinski definition) is 1. The lowest BCUT2D eigenvalue weighted by molar-refractivity contribution is 0.0232. The predicted molar refractivity (Wildman–Crippen MR) is 76.1 cm³/mol. The normalized spacial score (nSPS) is 17.9. The van der Waals surface area contributed by atoms with E-state index in [1.807, 2.05) is 0 Å². The predicted octanol–water partition coefficient (Wildman–Crippen LogP) is 3.12. The van der Waals surface area contributed by atoms with Gasteiger partial charge in [-0.15, -0.1) is 0 Å². The van der Waals surface area contributed by atoms with Gasteiger partial charge in [0, 0.05) is 13.5 Å². The Bertz CT molecular complexity index is 380. The summed E-state index contributed by atoms with van der Waals surface area (Å²) in [5.74, 6) is 0.733. The molecule has 18 heavy (non-hydrogen) atoms. The summed E-state index contributed by atoms with van der Waals surface area (Å²) < 4.78 is 5.52. The zero-order valence-electron chi connectivity index (χ0n) is 11.8. The maximum Gasteiger partial charge on any atom is 0.0662 e. The van der Waals surface area contributed by atoms with Gasteiger partial charge >= 0.3 is 0 Å². The van der Waals surface area contributed by atoms with Gasteiger partial charge in [-0.05, 0) is 56.8 Å². The van der Waals surface area contributed by atoms with E-state index in [-0.39, 0.29) is 5.60 Å². The lowest BCUT2D eigenvalue weighted by atomic mass is 9.88. The van der Waals surface area contributed by atoms with Crippen LogP contribution in [-0.4, -0.2) is 25.8 Å². The first-order chi connectivity index (χ1) is 8.61. The van der Waals surface area contributed by atoms with Crippen LogP contribution in [0.1, 0.15) is 43.7 Å². The molecule has 1 heterocycles. The van der Waals surface area contributed by atoms with E-state index in [0.29, 0.717) is 0 Å². The van der Waals surface area contributed by atoms with Crippen molar-refractivity contribution in [3.05, 3.63) is 35.4 Å². The van der Waals surface area contributed by atoms with Crippen LogP contribution in [0.25, 0.3) is 0 Å². The summed E-state index contributed by atoms with van der Waals surface area (Å²) in [6, 6.07) is 9.06. The van der Waals surface area contributed by atoms with Crippen molar-refractivity contribution in [1.82, 2.24) is 5.32 Å². The van der Waals surface area contributed by atoms with Crippen LogP contribution in [0.5, 0.6) is 0 Å². The molecule has 1 saturated heterocycles. The highest BCUT2D eigenvalue weighted by Crippen LogP contribution is 2.27. The Morgan fingerprint density at radius 1 is 1.28 bits per heavy atom.